The second-order valence-corrected chi connectivity index (χ2v) is 7.71. The van der Waals surface area contributed by atoms with Gasteiger partial charge in [0.05, 0.1) is 11.5 Å². The van der Waals surface area contributed by atoms with Crippen molar-refractivity contribution in [1.82, 2.24) is 5.32 Å². The lowest BCUT2D eigenvalue weighted by Gasteiger charge is -2.10. The van der Waals surface area contributed by atoms with E-state index >= 15 is 0 Å². The lowest BCUT2D eigenvalue weighted by atomic mass is 10.1. The van der Waals surface area contributed by atoms with E-state index in [-0.39, 0.29) is 5.92 Å². The first kappa shape index (κ1) is 14.1. The molecule has 1 aliphatic rings. The number of benzene rings is 1. The zero-order valence-corrected chi connectivity index (χ0v) is 12.2. The highest BCUT2D eigenvalue weighted by Crippen LogP contribution is 2.21. The van der Waals surface area contributed by atoms with Crippen LogP contribution in [0.15, 0.2) is 18.2 Å². The number of halogens is 2. The van der Waals surface area contributed by atoms with Gasteiger partial charge in [0.2, 0.25) is 0 Å². The number of nitrogens with one attached hydrogen (secondary N) is 1. The fourth-order valence-corrected chi connectivity index (χ4v) is 4.36. The Kier molecular flexibility index (Phi) is 4.54. The molecule has 0 aromatic heterocycles. The SMILES string of the molecule is O=S1(=O)CCC(CNCc2cc(Cl)ccc2Cl)C1. The van der Waals surface area contributed by atoms with Crippen molar-refractivity contribution in [3.8, 4) is 0 Å². The van der Waals surface area contributed by atoms with Crippen molar-refractivity contribution in [2.45, 2.75) is 13.0 Å². The summed E-state index contributed by atoms with van der Waals surface area (Å²) < 4.78 is 22.6. The van der Waals surface area contributed by atoms with Crippen molar-refractivity contribution in [2.75, 3.05) is 18.1 Å². The zero-order valence-electron chi connectivity index (χ0n) is 9.83. The van der Waals surface area contributed by atoms with E-state index in [0.717, 1.165) is 12.0 Å². The summed E-state index contributed by atoms with van der Waals surface area (Å²) in [5.74, 6) is 0.827. The largest absolute Gasteiger partial charge is 0.312 e. The molecular formula is C12H15Cl2NO2S. The molecule has 0 saturated carbocycles. The average molecular weight is 308 g/mol. The molecule has 0 radical (unpaired) electrons. The Morgan fingerprint density at radius 2 is 2.11 bits per heavy atom. The third kappa shape index (κ3) is 3.85. The molecule has 1 atom stereocenters. The van der Waals surface area contributed by atoms with Gasteiger partial charge in [0.1, 0.15) is 0 Å². The Balaban J connectivity index is 1.84. The fraction of sp³-hybridized carbons (Fsp3) is 0.500. The van der Waals surface area contributed by atoms with Crippen LogP contribution in [0.2, 0.25) is 10.0 Å². The molecular weight excluding hydrogens is 293 g/mol. The first-order chi connectivity index (χ1) is 8.46. The first-order valence-electron chi connectivity index (χ1n) is 5.81. The Hall–Kier alpha value is -0.290. The van der Waals surface area contributed by atoms with Crippen molar-refractivity contribution in [3.63, 3.8) is 0 Å². The van der Waals surface area contributed by atoms with Crippen LogP contribution >= 0.6 is 23.2 Å². The third-order valence-corrected chi connectivity index (χ3v) is 5.52. The molecule has 1 N–H and O–H groups in total. The summed E-state index contributed by atoms with van der Waals surface area (Å²) in [5.41, 5.74) is 0.935. The van der Waals surface area contributed by atoms with Gasteiger partial charge >= 0.3 is 0 Å². The van der Waals surface area contributed by atoms with Gasteiger partial charge in [-0.2, -0.15) is 0 Å². The van der Waals surface area contributed by atoms with Crippen LogP contribution in [0.25, 0.3) is 0 Å². The Bertz CT molecular complexity index is 531. The van der Waals surface area contributed by atoms with Gasteiger partial charge < -0.3 is 5.32 Å². The summed E-state index contributed by atoms with van der Waals surface area (Å²) >= 11 is 11.9. The van der Waals surface area contributed by atoms with Gasteiger partial charge in [0.15, 0.2) is 9.84 Å². The van der Waals surface area contributed by atoms with Gasteiger partial charge in [0.25, 0.3) is 0 Å². The summed E-state index contributed by atoms with van der Waals surface area (Å²) in [7, 11) is -2.79. The van der Waals surface area contributed by atoms with Crippen LogP contribution in [0.4, 0.5) is 0 Å². The molecule has 1 aromatic rings. The Morgan fingerprint density at radius 1 is 1.33 bits per heavy atom. The van der Waals surface area contributed by atoms with Crippen molar-refractivity contribution in [3.05, 3.63) is 33.8 Å². The van der Waals surface area contributed by atoms with E-state index < -0.39 is 9.84 Å². The first-order valence-corrected chi connectivity index (χ1v) is 8.39. The number of hydrogen-bond donors (Lipinski definition) is 1. The normalized spacial score (nSPS) is 22.2. The minimum atomic E-state index is -2.79. The van der Waals surface area contributed by atoms with Gasteiger partial charge in [-0.15, -0.1) is 0 Å². The van der Waals surface area contributed by atoms with Crippen LogP contribution in [0.1, 0.15) is 12.0 Å². The van der Waals surface area contributed by atoms with Gasteiger partial charge in [-0.05, 0) is 42.6 Å². The number of hydrogen-bond acceptors (Lipinski definition) is 3. The van der Waals surface area contributed by atoms with Crippen LogP contribution in [0.5, 0.6) is 0 Å². The average Bonchev–Trinajstić information content (AvgIpc) is 2.63. The summed E-state index contributed by atoms with van der Waals surface area (Å²) in [5, 5.41) is 4.57. The third-order valence-electron chi connectivity index (χ3n) is 3.08. The molecule has 0 aliphatic carbocycles. The highest BCUT2D eigenvalue weighted by molar-refractivity contribution is 7.91. The van der Waals surface area contributed by atoms with Gasteiger partial charge in [0, 0.05) is 16.6 Å². The Morgan fingerprint density at radius 3 is 2.78 bits per heavy atom. The molecule has 0 amide bonds. The molecule has 1 aromatic carbocycles. The van der Waals surface area contributed by atoms with Crippen LogP contribution in [0.3, 0.4) is 0 Å². The maximum atomic E-state index is 11.3. The van der Waals surface area contributed by atoms with Gasteiger partial charge in [-0.25, -0.2) is 8.42 Å². The highest BCUT2D eigenvalue weighted by atomic mass is 35.5. The lowest BCUT2D eigenvalue weighted by Crippen LogP contribution is -2.23. The topological polar surface area (TPSA) is 46.2 Å². The summed E-state index contributed by atoms with van der Waals surface area (Å²) in [6.07, 6.45) is 0.749. The standard InChI is InChI=1S/C12H15Cl2NO2S/c13-11-1-2-12(14)10(5-11)7-15-6-9-3-4-18(16,17)8-9/h1-2,5,9,15H,3-4,6-8H2. The summed E-state index contributed by atoms with van der Waals surface area (Å²) in [6.45, 7) is 1.30. The van der Waals surface area contributed by atoms with E-state index in [1.54, 1.807) is 12.1 Å². The van der Waals surface area contributed by atoms with E-state index in [1.807, 2.05) is 6.07 Å². The second kappa shape index (κ2) is 5.78. The predicted molar refractivity (Wildman–Crippen MR) is 74.9 cm³/mol. The number of sulfone groups is 1. The van der Waals surface area contributed by atoms with E-state index in [9.17, 15) is 8.42 Å². The maximum absolute atomic E-state index is 11.3. The van der Waals surface area contributed by atoms with E-state index in [1.165, 1.54) is 0 Å². The molecule has 0 bridgehead atoms. The van der Waals surface area contributed by atoms with Gasteiger partial charge in [-0.3, -0.25) is 0 Å². The van der Waals surface area contributed by atoms with E-state index in [0.29, 0.717) is 34.6 Å². The minimum Gasteiger partial charge on any atom is -0.312 e. The summed E-state index contributed by atoms with van der Waals surface area (Å²) in [6, 6.07) is 5.33. The lowest BCUT2D eigenvalue weighted by molar-refractivity contribution is 0.521. The van der Waals surface area contributed by atoms with E-state index in [2.05, 4.69) is 5.32 Å². The van der Waals surface area contributed by atoms with Crippen LogP contribution in [-0.2, 0) is 16.4 Å². The molecule has 1 saturated heterocycles. The van der Waals surface area contributed by atoms with Crippen LogP contribution < -0.4 is 5.32 Å². The molecule has 1 fully saturated rings. The minimum absolute atomic E-state index is 0.216. The molecule has 6 heteroatoms. The molecule has 1 unspecified atom stereocenters. The molecule has 0 spiro atoms. The Labute approximate surface area is 117 Å². The predicted octanol–water partition coefficient (Wildman–Crippen LogP) is 2.52. The van der Waals surface area contributed by atoms with Crippen LogP contribution in [-0.4, -0.2) is 26.5 Å². The second-order valence-electron chi connectivity index (χ2n) is 4.64. The molecule has 2 rings (SSSR count). The summed E-state index contributed by atoms with van der Waals surface area (Å²) in [4.78, 5) is 0. The maximum Gasteiger partial charge on any atom is 0.150 e. The molecule has 1 heterocycles. The molecule has 1 aliphatic heterocycles. The molecule has 18 heavy (non-hydrogen) atoms. The van der Waals surface area contributed by atoms with Crippen molar-refractivity contribution in [2.24, 2.45) is 5.92 Å². The molecule has 3 nitrogen and oxygen atoms in total. The monoisotopic (exact) mass is 307 g/mol. The number of rotatable bonds is 4. The fourth-order valence-electron chi connectivity index (χ4n) is 2.12. The van der Waals surface area contributed by atoms with E-state index in [4.69, 9.17) is 23.2 Å². The zero-order chi connectivity index (χ0) is 13.2. The molecule has 100 valence electrons. The van der Waals surface area contributed by atoms with Crippen molar-refractivity contribution < 1.29 is 8.42 Å². The van der Waals surface area contributed by atoms with Crippen molar-refractivity contribution in [1.29, 1.82) is 0 Å². The quantitative estimate of drug-likeness (QED) is 0.929. The smallest absolute Gasteiger partial charge is 0.150 e. The van der Waals surface area contributed by atoms with Crippen LogP contribution in [0, 0.1) is 5.92 Å². The highest BCUT2D eigenvalue weighted by Gasteiger charge is 2.27. The van der Waals surface area contributed by atoms with Crippen molar-refractivity contribution >= 4 is 33.0 Å². The van der Waals surface area contributed by atoms with Gasteiger partial charge in [-0.1, -0.05) is 23.2 Å².